The molecule has 4 nitrogen and oxygen atoms in total. The standard InChI is InChI=1S/C21H20N4.ClH/c1-2-25-20-12-16(24)8-10-18(20)17-9-7-15(23)11-19(17)21(25)13-3-5-14(22)6-4-13;/h3-12H,2,23H2,1H3,(H3,22,24);1H. The number of nitrogens with zero attached hydrogens (tertiary/aromatic N) is 1. The number of anilines is 3. The van der Waals surface area contributed by atoms with E-state index < -0.39 is 0 Å². The summed E-state index contributed by atoms with van der Waals surface area (Å²) in [6, 6.07) is 20.1. The first-order chi connectivity index (χ1) is 12.1. The Morgan fingerprint density at radius 2 is 1.27 bits per heavy atom. The lowest BCUT2D eigenvalue weighted by Crippen LogP contribution is -3.00. The molecule has 4 aromatic rings. The molecule has 0 amide bonds. The third-order valence-electron chi connectivity index (χ3n) is 4.67. The summed E-state index contributed by atoms with van der Waals surface area (Å²) in [6.07, 6.45) is 0. The summed E-state index contributed by atoms with van der Waals surface area (Å²) in [5.74, 6) is 0. The third kappa shape index (κ3) is 2.78. The van der Waals surface area contributed by atoms with Crippen molar-refractivity contribution in [3.05, 3.63) is 60.7 Å². The van der Waals surface area contributed by atoms with Gasteiger partial charge in [-0.05, 0) is 55.5 Å². The van der Waals surface area contributed by atoms with Crippen molar-refractivity contribution in [2.75, 3.05) is 17.2 Å². The Morgan fingerprint density at radius 3 is 1.92 bits per heavy atom. The number of pyridine rings is 1. The highest BCUT2D eigenvalue weighted by atomic mass is 35.5. The van der Waals surface area contributed by atoms with Crippen molar-refractivity contribution in [1.82, 2.24) is 0 Å². The molecular formula is C21H21ClN4. The van der Waals surface area contributed by atoms with E-state index in [1.165, 1.54) is 10.8 Å². The van der Waals surface area contributed by atoms with Crippen molar-refractivity contribution < 1.29 is 17.0 Å². The summed E-state index contributed by atoms with van der Waals surface area (Å²) < 4.78 is 2.29. The van der Waals surface area contributed by atoms with Crippen LogP contribution in [0.3, 0.4) is 0 Å². The number of aryl methyl sites for hydroxylation is 1. The lowest BCUT2D eigenvalue weighted by atomic mass is 9.98. The van der Waals surface area contributed by atoms with Gasteiger partial charge in [-0.15, -0.1) is 0 Å². The summed E-state index contributed by atoms with van der Waals surface area (Å²) >= 11 is 0. The maximum Gasteiger partial charge on any atom is 0.220 e. The highest BCUT2D eigenvalue weighted by Gasteiger charge is 2.22. The molecule has 0 fully saturated rings. The first-order valence-corrected chi connectivity index (χ1v) is 8.38. The Morgan fingerprint density at radius 1 is 0.692 bits per heavy atom. The highest BCUT2D eigenvalue weighted by Crippen LogP contribution is 2.33. The average Bonchev–Trinajstić information content (AvgIpc) is 2.61. The lowest BCUT2D eigenvalue weighted by molar-refractivity contribution is -0.655. The number of hydrogen-bond acceptors (Lipinski definition) is 3. The summed E-state index contributed by atoms with van der Waals surface area (Å²) in [5.41, 5.74) is 23.7. The van der Waals surface area contributed by atoms with Gasteiger partial charge in [-0.1, -0.05) is 6.07 Å². The summed E-state index contributed by atoms with van der Waals surface area (Å²) in [6.45, 7) is 2.96. The van der Waals surface area contributed by atoms with Crippen LogP contribution >= 0.6 is 0 Å². The molecule has 132 valence electrons. The molecule has 5 heteroatoms. The van der Waals surface area contributed by atoms with Gasteiger partial charge in [0.2, 0.25) is 11.2 Å². The van der Waals surface area contributed by atoms with Crippen LogP contribution in [0.25, 0.3) is 32.9 Å². The van der Waals surface area contributed by atoms with E-state index in [1.54, 1.807) is 0 Å². The van der Waals surface area contributed by atoms with Crippen molar-refractivity contribution in [3.8, 4) is 11.3 Å². The van der Waals surface area contributed by atoms with E-state index in [0.717, 1.165) is 45.8 Å². The number of fused-ring (bicyclic) bond motifs is 3. The topological polar surface area (TPSA) is 81.9 Å². The SMILES string of the molecule is CC[n+]1c(-c2ccc(N)cc2)c2cc(N)ccc2c2ccc(N)cc21.[Cl-]. The zero-order valence-corrected chi connectivity index (χ0v) is 15.3. The second kappa shape index (κ2) is 6.73. The van der Waals surface area contributed by atoms with Gasteiger partial charge >= 0.3 is 0 Å². The zero-order chi connectivity index (χ0) is 17.6. The first-order valence-electron chi connectivity index (χ1n) is 8.38. The van der Waals surface area contributed by atoms with Crippen molar-refractivity contribution in [2.45, 2.75) is 13.5 Å². The van der Waals surface area contributed by atoms with Crippen molar-refractivity contribution in [3.63, 3.8) is 0 Å². The van der Waals surface area contributed by atoms with E-state index in [0.29, 0.717) is 0 Å². The fourth-order valence-corrected chi connectivity index (χ4v) is 3.54. The van der Waals surface area contributed by atoms with Gasteiger partial charge < -0.3 is 29.6 Å². The van der Waals surface area contributed by atoms with Crippen molar-refractivity contribution in [2.24, 2.45) is 0 Å². The number of nitrogens with two attached hydrogens (primary N) is 3. The molecule has 26 heavy (non-hydrogen) atoms. The molecule has 0 spiro atoms. The molecule has 0 radical (unpaired) electrons. The molecule has 4 rings (SSSR count). The van der Waals surface area contributed by atoms with Gasteiger partial charge in [-0.3, -0.25) is 0 Å². The van der Waals surface area contributed by atoms with E-state index in [9.17, 15) is 0 Å². The third-order valence-corrected chi connectivity index (χ3v) is 4.67. The quantitative estimate of drug-likeness (QED) is 0.278. The van der Waals surface area contributed by atoms with Crippen LogP contribution in [-0.4, -0.2) is 0 Å². The van der Waals surface area contributed by atoms with Gasteiger partial charge in [-0.25, -0.2) is 0 Å². The predicted molar refractivity (Wildman–Crippen MR) is 106 cm³/mol. The van der Waals surface area contributed by atoms with Crippen LogP contribution in [0.2, 0.25) is 0 Å². The Labute approximate surface area is 158 Å². The van der Waals surface area contributed by atoms with E-state index >= 15 is 0 Å². The van der Waals surface area contributed by atoms with Gasteiger partial charge in [-0.2, -0.15) is 4.57 Å². The number of hydrogen-bond donors (Lipinski definition) is 3. The molecule has 0 aliphatic rings. The van der Waals surface area contributed by atoms with Gasteiger partial charge in [0.05, 0.1) is 10.8 Å². The van der Waals surface area contributed by atoms with Crippen LogP contribution in [0.5, 0.6) is 0 Å². The summed E-state index contributed by atoms with van der Waals surface area (Å²) in [5, 5.41) is 3.47. The maximum atomic E-state index is 6.11. The molecule has 0 saturated carbocycles. The van der Waals surface area contributed by atoms with Crippen LogP contribution in [0.1, 0.15) is 6.92 Å². The number of rotatable bonds is 2. The minimum absolute atomic E-state index is 0. The molecule has 3 aromatic carbocycles. The van der Waals surface area contributed by atoms with Crippen LogP contribution < -0.4 is 34.2 Å². The Kier molecular flexibility index (Phi) is 4.62. The van der Waals surface area contributed by atoms with E-state index in [2.05, 4.69) is 35.8 Å². The fraction of sp³-hybridized carbons (Fsp3) is 0.0952. The van der Waals surface area contributed by atoms with E-state index in [-0.39, 0.29) is 12.4 Å². The highest BCUT2D eigenvalue weighted by molar-refractivity contribution is 6.10. The first kappa shape index (κ1) is 17.8. The van der Waals surface area contributed by atoms with Crippen LogP contribution in [0.15, 0.2) is 60.7 Å². The monoisotopic (exact) mass is 364 g/mol. The molecule has 6 N–H and O–H groups in total. The smallest absolute Gasteiger partial charge is 0.220 e. The van der Waals surface area contributed by atoms with Gasteiger partial charge in [0.1, 0.15) is 6.54 Å². The number of aromatic nitrogens is 1. The minimum Gasteiger partial charge on any atom is -1.00 e. The number of halogens is 1. The Bertz CT molecular complexity index is 1100. The predicted octanol–water partition coefficient (Wildman–Crippen LogP) is 0.718. The molecule has 0 bridgehead atoms. The zero-order valence-electron chi connectivity index (χ0n) is 14.5. The largest absolute Gasteiger partial charge is 1.00 e. The van der Waals surface area contributed by atoms with Gasteiger partial charge in [0.15, 0.2) is 0 Å². The molecular weight excluding hydrogens is 344 g/mol. The Hall–Kier alpha value is -2.98. The summed E-state index contributed by atoms with van der Waals surface area (Å²) in [7, 11) is 0. The Balaban J connectivity index is 0.00000196. The number of nitrogen functional groups attached to an aromatic ring is 3. The fourth-order valence-electron chi connectivity index (χ4n) is 3.54. The van der Waals surface area contributed by atoms with Crippen LogP contribution in [-0.2, 0) is 6.54 Å². The molecule has 1 aromatic heterocycles. The van der Waals surface area contributed by atoms with E-state index in [1.807, 2.05) is 36.4 Å². The van der Waals surface area contributed by atoms with E-state index in [4.69, 9.17) is 17.2 Å². The van der Waals surface area contributed by atoms with Gasteiger partial charge in [0.25, 0.3) is 0 Å². The molecule has 0 saturated heterocycles. The molecule has 0 aliphatic carbocycles. The molecule has 0 atom stereocenters. The molecule has 0 unspecified atom stereocenters. The van der Waals surface area contributed by atoms with Crippen molar-refractivity contribution in [1.29, 1.82) is 0 Å². The van der Waals surface area contributed by atoms with Crippen molar-refractivity contribution >= 4 is 38.7 Å². The lowest BCUT2D eigenvalue weighted by Gasteiger charge is -2.12. The average molecular weight is 365 g/mol. The molecule has 1 heterocycles. The number of benzene rings is 3. The van der Waals surface area contributed by atoms with Crippen LogP contribution in [0.4, 0.5) is 17.1 Å². The second-order valence-corrected chi connectivity index (χ2v) is 6.30. The second-order valence-electron chi connectivity index (χ2n) is 6.30. The maximum absolute atomic E-state index is 6.11. The normalized spacial score (nSPS) is 10.8. The minimum atomic E-state index is 0. The molecule has 0 aliphatic heterocycles. The van der Waals surface area contributed by atoms with Crippen LogP contribution in [0, 0.1) is 0 Å². The van der Waals surface area contributed by atoms with Gasteiger partial charge in [0, 0.05) is 34.1 Å². The summed E-state index contributed by atoms with van der Waals surface area (Å²) in [4.78, 5) is 0.